The lowest BCUT2D eigenvalue weighted by atomic mass is 10.0. The molecule has 0 aromatic heterocycles. The Morgan fingerprint density at radius 1 is 1.50 bits per heavy atom. The zero-order valence-electron chi connectivity index (χ0n) is 10.2. The predicted molar refractivity (Wildman–Crippen MR) is 68.7 cm³/mol. The van der Waals surface area contributed by atoms with Crippen molar-refractivity contribution in [2.45, 2.75) is 26.4 Å². The Balaban J connectivity index is 2.29. The molecule has 1 aliphatic heterocycles. The summed E-state index contributed by atoms with van der Waals surface area (Å²) >= 11 is 0. The highest BCUT2D eigenvalue weighted by Gasteiger charge is 2.14. The first-order valence-electron chi connectivity index (χ1n) is 5.78. The van der Waals surface area contributed by atoms with Gasteiger partial charge >= 0.3 is 0 Å². The average Bonchev–Trinajstić information content (AvgIpc) is 2.60. The topological polar surface area (TPSA) is 23.5 Å². The summed E-state index contributed by atoms with van der Waals surface area (Å²) in [5, 5.41) is 9.44. The molecule has 0 fully saturated rings. The van der Waals surface area contributed by atoms with Gasteiger partial charge in [-0.15, -0.1) is 0 Å². The third kappa shape index (κ3) is 2.12. The molecular weight excluding hydrogens is 198 g/mol. The fourth-order valence-electron chi connectivity index (χ4n) is 2.06. The standard InChI is InChI=1S/C14H19NO/c1-10(11(2)16)8-12-4-5-14-13(9-12)6-7-15(14)3/h4-5,8-9,11,16H,6-7H2,1-3H3/b10-8+. The second kappa shape index (κ2) is 4.30. The molecule has 0 bridgehead atoms. The van der Waals surface area contributed by atoms with Crippen LogP contribution in [0.2, 0.25) is 0 Å². The van der Waals surface area contributed by atoms with Crippen LogP contribution < -0.4 is 4.90 Å². The first-order chi connectivity index (χ1) is 7.58. The van der Waals surface area contributed by atoms with Crippen molar-refractivity contribution in [2.75, 3.05) is 18.5 Å². The minimum Gasteiger partial charge on any atom is -0.389 e. The molecule has 2 rings (SSSR count). The quantitative estimate of drug-likeness (QED) is 0.822. The molecule has 1 aliphatic rings. The maximum atomic E-state index is 9.44. The molecule has 1 unspecified atom stereocenters. The van der Waals surface area contributed by atoms with Crippen LogP contribution in [0.4, 0.5) is 5.69 Å². The van der Waals surface area contributed by atoms with Crippen LogP contribution in [0.1, 0.15) is 25.0 Å². The van der Waals surface area contributed by atoms with Crippen molar-refractivity contribution in [1.82, 2.24) is 0 Å². The normalized spacial score (nSPS) is 17.5. The third-order valence-electron chi connectivity index (χ3n) is 3.28. The molecule has 0 radical (unpaired) electrons. The van der Waals surface area contributed by atoms with E-state index in [1.54, 1.807) is 6.92 Å². The van der Waals surface area contributed by atoms with E-state index < -0.39 is 0 Å². The van der Waals surface area contributed by atoms with Gasteiger partial charge in [0.15, 0.2) is 0 Å². The minimum atomic E-state index is -0.365. The van der Waals surface area contributed by atoms with Gasteiger partial charge in [-0.3, -0.25) is 0 Å². The van der Waals surface area contributed by atoms with Crippen LogP contribution in [0, 0.1) is 0 Å². The first-order valence-corrected chi connectivity index (χ1v) is 5.78. The minimum absolute atomic E-state index is 0.365. The SMILES string of the molecule is C/C(=C\c1ccc2c(c1)CCN2C)C(C)O. The number of anilines is 1. The molecule has 1 N–H and O–H groups in total. The number of aliphatic hydroxyl groups excluding tert-OH is 1. The van der Waals surface area contributed by atoms with Gasteiger partial charge in [0.2, 0.25) is 0 Å². The molecule has 2 heteroatoms. The number of nitrogens with zero attached hydrogens (tertiary/aromatic N) is 1. The summed E-state index contributed by atoms with van der Waals surface area (Å²) in [5.74, 6) is 0. The van der Waals surface area contributed by atoms with E-state index in [-0.39, 0.29) is 6.10 Å². The van der Waals surface area contributed by atoms with Crippen LogP contribution in [-0.2, 0) is 6.42 Å². The molecule has 0 aliphatic carbocycles. The monoisotopic (exact) mass is 217 g/mol. The molecule has 16 heavy (non-hydrogen) atoms. The summed E-state index contributed by atoms with van der Waals surface area (Å²) in [6.45, 7) is 4.87. The summed E-state index contributed by atoms with van der Waals surface area (Å²) in [7, 11) is 2.13. The highest BCUT2D eigenvalue weighted by molar-refractivity contribution is 5.64. The van der Waals surface area contributed by atoms with E-state index in [2.05, 4.69) is 36.2 Å². The van der Waals surface area contributed by atoms with E-state index in [1.165, 1.54) is 16.8 Å². The van der Waals surface area contributed by atoms with Crippen molar-refractivity contribution >= 4 is 11.8 Å². The number of benzene rings is 1. The number of likely N-dealkylation sites (N-methyl/N-ethyl adjacent to an activating group) is 1. The van der Waals surface area contributed by atoms with Crippen molar-refractivity contribution in [1.29, 1.82) is 0 Å². The van der Waals surface area contributed by atoms with E-state index in [4.69, 9.17) is 0 Å². The van der Waals surface area contributed by atoms with Crippen molar-refractivity contribution in [3.05, 3.63) is 34.9 Å². The van der Waals surface area contributed by atoms with Gasteiger partial charge in [0.1, 0.15) is 0 Å². The second-order valence-electron chi connectivity index (χ2n) is 4.62. The van der Waals surface area contributed by atoms with Gasteiger partial charge < -0.3 is 10.0 Å². The van der Waals surface area contributed by atoms with E-state index in [1.807, 2.05) is 6.92 Å². The van der Waals surface area contributed by atoms with Gasteiger partial charge in [-0.25, -0.2) is 0 Å². The molecule has 0 saturated carbocycles. The molecule has 1 aromatic rings. The Hall–Kier alpha value is -1.28. The Morgan fingerprint density at radius 3 is 2.94 bits per heavy atom. The molecule has 0 spiro atoms. The largest absolute Gasteiger partial charge is 0.389 e. The Labute approximate surface area is 97.2 Å². The van der Waals surface area contributed by atoms with Gasteiger partial charge in [-0.2, -0.15) is 0 Å². The molecule has 86 valence electrons. The molecule has 1 aromatic carbocycles. The number of rotatable bonds is 2. The summed E-state index contributed by atoms with van der Waals surface area (Å²) < 4.78 is 0. The van der Waals surface area contributed by atoms with Crippen molar-refractivity contribution in [3.8, 4) is 0 Å². The summed E-state index contributed by atoms with van der Waals surface area (Å²) in [5.41, 5.74) is 4.94. The lowest BCUT2D eigenvalue weighted by Gasteiger charge is -2.11. The van der Waals surface area contributed by atoms with Crippen LogP contribution in [0.3, 0.4) is 0 Å². The molecule has 0 saturated heterocycles. The Bertz CT molecular complexity index is 421. The summed E-state index contributed by atoms with van der Waals surface area (Å²) in [6.07, 6.45) is 2.82. The average molecular weight is 217 g/mol. The van der Waals surface area contributed by atoms with Gasteiger partial charge in [0, 0.05) is 19.3 Å². The second-order valence-corrected chi connectivity index (χ2v) is 4.62. The number of hydrogen-bond donors (Lipinski definition) is 1. The predicted octanol–water partition coefficient (Wildman–Crippen LogP) is 2.46. The van der Waals surface area contributed by atoms with E-state index in [0.29, 0.717) is 0 Å². The van der Waals surface area contributed by atoms with Crippen LogP contribution >= 0.6 is 0 Å². The Kier molecular flexibility index (Phi) is 3.01. The van der Waals surface area contributed by atoms with Gasteiger partial charge in [-0.1, -0.05) is 12.1 Å². The smallest absolute Gasteiger partial charge is 0.0722 e. The number of hydrogen-bond acceptors (Lipinski definition) is 2. The van der Waals surface area contributed by atoms with E-state index in [0.717, 1.165) is 18.5 Å². The molecule has 1 heterocycles. The van der Waals surface area contributed by atoms with Crippen LogP contribution in [-0.4, -0.2) is 24.8 Å². The van der Waals surface area contributed by atoms with Gasteiger partial charge in [-0.05, 0) is 49.1 Å². The van der Waals surface area contributed by atoms with Crippen LogP contribution in [0.15, 0.2) is 23.8 Å². The zero-order chi connectivity index (χ0) is 11.7. The lowest BCUT2D eigenvalue weighted by molar-refractivity contribution is 0.232. The summed E-state index contributed by atoms with van der Waals surface area (Å²) in [6, 6.07) is 6.51. The van der Waals surface area contributed by atoms with Crippen molar-refractivity contribution < 1.29 is 5.11 Å². The highest BCUT2D eigenvalue weighted by atomic mass is 16.3. The van der Waals surface area contributed by atoms with Crippen molar-refractivity contribution in [2.24, 2.45) is 0 Å². The van der Waals surface area contributed by atoms with Crippen LogP contribution in [0.25, 0.3) is 6.08 Å². The molecule has 2 nitrogen and oxygen atoms in total. The van der Waals surface area contributed by atoms with Gasteiger partial charge in [0.05, 0.1) is 6.10 Å². The maximum absolute atomic E-state index is 9.44. The van der Waals surface area contributed by atoms with Crippen LogP contribution in [0.5, 0.6) is 0 Å². The zero-order valence-corrected chi connectivity index (χ0v) is 10.2. The molecular formula is C14H19NO. The maximum Gasteiger partial charge on any atom is 0.0722 e. The fourth-order valence-corrected chi connectivity index (χ4v) is 2.06. The molecule has 1 atom stereocenters. The third-order valence-corrected chi connectivity index (χ3v) is 3.28. The number of fused-ring (bicyclic) bond motifs is 1. The number of aliphatic hydroxyl groups is 1. The first kappa shape index (κ1) is 11.2. The molecule has 0 amide bonds. The van der Waals surface area contributed by atoms with E-state index >= 15 is 0 Å². The fraction of sp³-hybridized carbons (Fsp3) is 0.429. The van der Waals surface area contributed by atoms with Gasteiger partial charge in [0.25, 0.3) is 0 Å². The summed E-state index contributed by atoms with van der Waals surface area (Å²) in [4.78, 5) is 2.28. The van der Waals surface area contributed by atoms with Crippen molar-refractivity contribution in [3.63, 3.8) is 0 Å². The lowest BCUT2D eigenvalue weighted by Crippen LogP contribution is -2.12. The van der Waals surface area contributed by atoms with E-state index in [9.17, 15) is 5.11 Å². The highest BCUT2D eigenvalue weighted by Crippen LogP contribution is 2.28. The Morgan fingerprint density at radius 2 is 2.25 bits per heavy atom.